The van der Waals surface area contributed by atoms with Gasteiger partial charge in [0, 0.05) is 18.7 Å². The van der Waals surface area contributed by atoms with Crippen LogP contribution in [0.5, 0.6) is 0 Å². The number of hydrogen-bond acceptors (Lipinski definition) is 4. The van der Waals surface area contributed by atoms with Crippen molar-refractivity contribution >= 4 is 34.5 Å². The number of carbonyl (C=O) groups excluding carboxylic acids is 1. The Morgan fingerprint density at radius 2 is 2.09 bits per heavy atom. The highest BCUT2D eigenvalue weighted by Gasteiger charge is 2.31. The second-order valence-electron chi connectivity index (χ2n) is 8.24. The Labute approximate surface area is 188 Å². The van der Waals surface area contributed by atoms with E-state index in [2.05, 4.69) is 15.4 Å². The first-order valence-electron chi connectivity index (χ1n) is 10.8. The average Bonchev–Trinajstić information content (AvgIpc) is 3.41. The van der Waals surface area contributed by atoms with Crippen LogP contribution >= 0.6 is 11.8 Å². The third-order valence-corrected chi connectivity index (χ3v) is 6.49. The van der Waals surface area contributed by atoms with Gasteiger partial charge >= 0.3 is 6.18 Å². The third kappa shape index (κ3) is 5.11. The molecule has 2 heterocycles. The van der Waals surface area contributed by atoms with E-state index in [0.717, 1.165) is 37.1 Å². The number of hydrogen-bond donors (Lipinski definition) is 1. The van der Waals surface area contributed by atoms with E-state index >= 15 is 0 Å². The Hall–Kier alpha value is -2.49. The maximum atomic E-state index is 13.1. The molecule has 1 aromatic carbocycles. The standard InChI is InChI=1S/C22H26F3N5OS/c1-3-4-9-29-18-8-7-16(22(23,24)25)10-17(18)27-21(29)32-13-19(31)28-20-14(2)11-26-30(20)12-15-5-6-15/h7-8,10-11,15H,3-6,9,12-13H2,1-2H3,(H,28,31). The van der Waals surface area contributed by atoms with Crippen molar-refractivity contribution in [3.63, 3.8) is 0 Å². The molecule has 0 atom stereocenters. The zero-order valence-electron chi connectivity index (χ0n) is 18.1. The number of unbranched alkanes of at least 4 members (excludes halogenated alkanes) is 1. The van der Waals surface area contributed by atoms with Crippen LogP contribution in [0.25, 0.3) is 11.0 Å². The van der Waals surface area contributed by atoms with Crippen LogP contribution in [0.2, 0.25) is 0 Å². The number of alkyl halides is 3. The van der Waals surface area contributed by atoms with Crippen LogP contribution in [0, 0.1) is 12.8 Å². The number of carbonyl (C=O) groups is 1. The lowest BCUT2D eigenvalue weighted by atomic mass is 10.2. The van der Waals surface area contributed by atoms with Crippen molar-refractivity contribution in [3.8, 4) is 0 Å². The maximum absolute atomic E-state index is 13.1. The van der Waals surface area contributed by atoms with Gasteiger partial charge in [-0.25, -0.2) is 9.67 Å². The Kier molecular flexibility index (Phi) is 6.50. The van der Waals surface area contributed by atoms with Gasteiger partial charge in [0.15, 0.2) is 5.16 Å². The molecule has 0 saturated heterocycles. The minimum atomic E-state index is -4.42. The maximum Gasteiger partial charge on any atom is 0.416 e. The molecular weight excluding hydrogens is 439 g/mol. The molecule has 172 valence electrons. The number of benzene rings is 1. The van der Waals surface area contributed by atoms with Gasteiger partial charge in [-0.1, -0.05) is 25.1 Å². The zero-order valence-corrected chi connectivity index (χ0v) is 18.9. The fourth-order valence-electron chi connectivity index (χ4n) is 3.55. The molecule has 4 rings (SSSR count). The molecule has 1 saturated carbocycles. The summed E-state index contributed by atoms with van der Waals surface area (Å²) in [5, 5.41) is 7.85. The smallest absolute Gasteiger partial charge is 0.319 e. The molecule has 3 aromatic rings. The van der Waals surface area contributed by atoms with E-state index in [-0.39, 0.29) is 17.2 Å². The number of nitrogens with zero attached hydrogens (tertiary/aromatic N) is 4. The number of anilines is 1. The Morgan fingerprint density at radius 3 is 2.78 bits per heavy atom. The molecule has 1 amide bonds. The summed E-state index contributed by atoms with van der Waals surface area (Å²) in [6.45, 7) is 5.39. The van der Waals surface area contributed by atoms with E-state index in [1.54, 1.807) is 6.20 Å². The lowest BCUT2D eigenvalue weighted by Crippen LogP contribution is -2.19. The molecule has 10 heteroatoms. The molecular formula is C22H26F3N5OS. The molecule has 32 heavy (non-hydrogen) atoms. The van der Waals surface area contributed by atoms with E-state index in [9.17, 15) is 18.0 Å². The van der Waals surface area contributed by atoms with Crippen LogP contribution in [0.1, 0.15) is 43.7 Å². The fraction of sp³-hybridized carbons (Fsp3) is 0.500. The molecule has 0 radical (unpaired) electrons. The molecule has 0 aliphatic heterocycles. The number of aryl methyl sites for hydroxylation is 2. The van der Waals surface area contributed by atoms with E-state index in [1.807, 2.05) is 23.1 Å². The molecule has 6 nitrogen and oxygen atoms in total. The van der Waals surface area contributed by atoms with Crippen molar-refractivity contribution in [2.24, 2.45) is 5.92 Å². The molecule has 1 aliphatic rings. The third-order valence-electron chi connectivity index (χ3n) is 5.52. The SMILES string of the molecule is CCCCn1c(SCC(=O)Nc2c(C)cnn2CC2CC2)nc2cc(C(F)(F)F)ccc21. The number of imidazole rings is 1. The summed E-state index contributed by atoms with van der Waals surface area (Å²) < 4.78 is 43.1. The first kappa shape index (κ1) is 22.7. The molecule has 1 aliphatic carbocycles. The van der Waals surface area contributed by atoms with Gasteiger partial charge in [0.1, 0.15) is 5.82 Å². The summed E-state index contributed by atoms with van der Waals surface area (Å²) in [6, 6.07) is 3.61. The van der Waals surface area contributed by atoms with E-state index in [0.29, 0.717) is 29.0 Å². The first-order chi connectivity index (χ1) is 15.3. The highest BCUT2D eigenvalue weighted by molar-refractivity contribution is 7.99. The summed E-state index contributed by atoms with van der Waals surface area (Å²) in [4.78, 5) is 17.1. The molecule has 0 bridgehead atoms. The number of rotatable bonds is 9. The minimum absolute atomic E-state index is 0.107. The quantitative estimate of drug-likeness (QED) is 0.424. The first-order valence-corrected chi connectivity index (χ1v) is 11.8. The normalized spacial score (nSPS) is 14.3. The van der Waals surface area contributed by atoms with Gasteiger partial charge in [0.25, 0.3) is 0 Å². The summed E-state index contributed by atoms with van der Waals surface area (Å²) in [5.74, 6) is 1.24. The summed E-state index contributed by atoms with van der Waals surface area (Å²) >= 11 is 1.23. The number of fused-ring (bicyclic) bond motifs is 1. The van der Waals surface area contributed by atoms with Crippen LogP contribution in [-0.2, 0) is 24.1 Å². The number of aromatic nitrogens is 4. The van der Waals surface area contributed by atoms with Crippen molar-refractivity contribution < 1.29 is 18.0 Å². The van der Waals surface area contributed by atoms with Crippen LogP contribution in [0.4, 0.5) is 19.0 Å². The van der Waals surface area contributed by atoms with Crippen LogP contribution in [0.3, 0.4) is 0 Å². The Morgan fingerprint density at radius 1 is 1.31 bits per heavy atom. The average molecular weight is 466 g/mol. The van der Waals surface area contributed by atoms with Gasteiger partial charge in [-0.05, 0) is 50.3 Å². The van der Waals surface area contributed by atoms with Crippen molar-refractivity contribution in [1.82, 2.24) is 19.3 Å². The summed E-state index contributed by atoms with van der Waals surface area (Å²) in [5.41, 5.74) is 1.11. The fourth-order valence-corrected chi connectivity index (χ4v) is 4.39. The Bertz CT molecular complexity index is 1120. The zero-order chi connectivity index (χ0) is 22.9. The number of thioether (sulfide) groups is 1. The van der Waals surface area contributed by atoms with Crippen molar-refractivity contribution in [2.45, 2.75) is 64.0 Å². The van der Waals surface area contributed by atoms with Gasteiger partial charge in [-0.15, -0.1) is 0 Å². The molecule has 1 N–H and O–H groups in total. The number of nitrogens with one attached hydrogen (secondary N) is 1. The lowest BCUT2D eigenvalue weighted by Gasteiger charge is -2.11. The van der Waals surface area contributed by atoms with Gasteiger partial charge in [0.05, 0.1) is 28.5 Å². The van der Waals surface area contributed by atoms with E-state index < -0.39 is 11.7 Å². The van der Waals surface area contributed by atoms with Crippen LogP contribution < -0.4 is 5.32 Å². The predicted molar refractivity (Wildman–Crippen MR) is 119 cm³/mol. The predicted octanol–water partition coefficient (Wildman–Crippen LogP) is 5.50. The van der Waals surface area contributed by atoms with Crippen molar-refractivity contribution in [3.05, 3.63) is 35.5 Å². The minimum Gasteiger partial charge on any atom is -0.319 e. The van der Waals surface area contributed by atoms with Gasteiger partial charge in [0.2, 0.25) is 5.91 Å². The van der Waals surface area contributed by atoms with Gasteiger partial charge in [-0.2, -0.15) is 18.3 Å². The molecule has 2 aromatic heterocycles. The molecule has 0 unspecified atom stereocenters. The van der Waals surface area contributed by atoms with Crippen molar-refractivity contribution in [2.75, 3.05) is 11.1 Å². The summed E-state index contributed by atoms with van der Waals surface area (Å²) in [6.07, 6.45) is 1.50. The highest BCUT2D eigenvalue weighted by atomic mass is 32.2. The number of amides is 1. The largest absolute Gasteiger partial charge is 0.416 e. The van der Waals surface area contributed by atoms with Crippen LogP contribution in [0.15, 0.2) is 29.6 Å². The second-order valence-corrected chi connectivity index (χ2v) is 9.18. The highest BCUT2D eigenvalue weighted by Crippen LogP contribution is 2.34. The molecule has 0 spiro atoms. The van der Waals surface area contributed by atoms with Gasteiger partial charge in [-0.3, -0.25) is 4.79 Å². The monoisotopic (exact) mass is 465 g/mol. The van der Waals surface area contributed by atoms with E-state index in [1.165, 1.54) is 30.7 Å². The lowest BCUT2D eigenvalue weighted by molar-refractivity contribution is -0.137. The molecule has 1 fully saturated rings. The van der Waals surface area contributed by atoms with E-state index in [4.69, 9.17) is 0 Å². The topological polar surface area (TPSA) is 64.7 Å². The van der Waals surface area contributed by atoms with Gasteiger partial charge < -0.3 is 9.88 Å². The number of halogens is 3. The Balaban J connectivity index is 1.50. The van der Waals surface area contributed by atoms with Crippen molar-refractivity contribution in [1.29, 1.82) is 0 Å². The summed E-state index contributed by atoms with van der Waals surface area (Å²) in [7, 11) is 0. The second kappa shape index (κ2) is 9.17. The van der Waals surface area contributed by atoms with Crippen LogP contribution in [-0.4, -0.2) is 31.0 Å².